The molecule has 2 nitrogen and oxygen atoms in total. The molecule has 1 atom stereocenters. The molecule has 0 heterocycles. The van der Waals surface area contributed by atoms with E-state index in [2.05, 4.69) is 0 Å². The van der Waals surface area contributed by atoms with Gasteiger partial charge in [0.1, 0.15) is 6.10 Å². The zero-order valence-electron chi connectivity index (χ0n) is 7.32. The van der Waals surface area contributed by atoms with Crippen molar-refractivity contribution < 1.29 is 9.90 Å². The Bertz CT molecular complexity index is 391. The van der Waals surface area contributed by atoms with Gasteiger partial charge in [-0.05, 0) is 12.5 Å². The molecule has 66 valence electrons. The minimum atomic E-state index is -0.728. The summed E-state index contributed by atoms with van der Waals surface area (Å²) in [5.41, 5.74) is 1.84. The van der Waals surface area contributed by atoms with Gasteiger partial charge in [-0.3, -0.25) is 4.79 Å². The monoisotopic (exact) mass is 174 g/mol. The van der Waals surface area contributed by atoms with E-state index >= 15 is 0 Å². The quantitative estimate of drug-likeness (QED) is 0.609. The van der Waals surface area contributed by atoms with Crippen LogP contribution in [0.5, 0.6) is 0 Å². The van der Waals surface area contributed by atoms with E-state index in [1.807, 2.05) is 12.1 Å². The third kappa shape index (κ3) is 1.03. The number of aliphatic hydroxyl groups is 1. The van der Waals surface area contributed by atoms with Crippen molar-refractivity contribution in [3.63, 3.8) is 0 Å². The van der Waals surface area contributed by atoms with E-state index in [0.717, 1.165) is 5.56 Å². The SMILES string of the molecule is CC=C1C(=O)c2ccccc2C1O. The Labute approximate surface area is 76.5 Å². The lowest BCUT2D eigenvalue weighted by Gasteiger charge is -2.02. The smallest absolute Gasteiger partial charge is 0.192 e. The molecule has 0 spiro atoms. The summed E-state index contributed by atoms with van der Waals surface area (Å²) in [6.07, 6.45) is 0.946. The van der Waals surface area contributed by atoms with E-state index in [4.69, 9.17) is 0 Å². The lowest BCUT2D eigenvalue weighted by Crippen LogP contribution is -1.98. The van der Waals surface area contributed by atoms with Crippen LogP contribution in [-0.2, 0) is 0 Å². The van der Waals surface area contributed by atoms with Gasteiger partial charge in [-0.2, -0.15) is 0 Å². The minimum absolute atomic E-state index is 0.0504. The minimum Gasteiger partial charge on any atom is -0.383 e. The van der Waals surface area contributed by atoms with Gasteiger partial charge < -0.3 is 5.11 Å². The number of fused-ring (bicyclic) bond motifs is 1. The van der Waals surface area contributed by atoms with Crippen LogP contribution in [0.4, 0.5) is 0 Å². The van der Waals surface area contributed by atoms with Gasteiger partial charge in [0.2, 0.25) is 0 Å². The van der Waals surface area contributed by atoms with Gasteiger partial charge in [0, 0.05) is 11.1 Å². The summed E-state index contributed by atoms with van der Waals surface area (Å²) in [5, 5.41) is 9.72. The van der Waals surface area contributed by atoms with E-state index in [1.165, 1.54) is 0 Å². The Balaban J connectivity index is 2.64. The molecular weight excluding hydrogens is 164 g/mol. The zero-order chi connectivity index (χ0) is 9.42. The van der Waals surface area contributed by atoms with Crippen LogP contribution in [-0.4, -0.2) is 10.9 Å². The van der Waals surface area contributed by atoms with Crippen LogP contribution in [0.15, 0.2) is 35.9 Å². The molecule has 13 heavy (non-hydrogen) atoms. The Morgan fingerprint density at radius 3 is 2.69 bits per heavy atom. The summed E-state index contributed by atoms with van der Waals surface area (Å²) in [6.45, 7) is 1.77. The zero-order valence-corrected chi connectivity index (χ0v) is 7.32. The number of carbonyl (C=O) groups excluding carboxylic acids is 1. The van der Waals surface area contributed by atoms with E-state index in [0.29, 0.717) is 11.1 Å². The van der Waals surface area contributed by atoms with Gasteiger partial charge in [0.25, 0.3) is 0 Å². The molecule has 0 saturated carbocycles. The maximum Gasteiger partial charge on any atom is 0.192 e. The van der Waals surface area contributed by atoms with Crippen molar-refractivity contribution >= 4 is 5.78 Å². The highest BCUT2D eigenvalue weighted by Gasteiger charge is 2.31. The average Bonchev–Trinajstić information content (AvgIpc) is 2.41. The Morgan fingerprint density at radius 1 is 1.38 bits per heavy atom. The van der Waals surface area contributed by atoms with Crippen molar-refractivity contribution in [2.45, 2.75) is 13.0 Å². The summed E-state index contributed by atoms with van der Waals surface area (Å²) in [6, 6.07) is 7.17. The third-order valence-corrected chi connectivity index (χ3v) is 2.37. The fourth-order valence-corrected chi connectivity index (χ4v) is 1.68. The number of rotatable bonds is 0. The Hall–Kier alpha value is -1.41. The number of aliphatic hydroxyl groups excluding tert-OH is 1. The van der Waals surface area contributed by atoms with Gasteiger partial charge in [0.15, 0.2) is 5.78 Å². The van der Waals surface area contributed by atoms with Crippen LogP contribution in [0.1, 0.15) is 28.9 Å². The van der Waals surface area contributed by atoms with Crippen molar-refractivity contribution in [3.05, 3.63) is 47.0 Å². The molecule has 1 aromatic carbocycles. The van der Waals surface area contributed by atoms with E-state index in [1.54, 1.807) is 25.1 Å². The van der Waals surface area contributed by atoms with E-state index in [-0.39, 0.29) is 5.78 Å². The molecular formula is C11H10O2. The van der Waals surface area contributed by atoms with Gasteiger partial charge >= 0.3 is 0 Å². The maximum atomic E-state index is 11.6. The van der Waals surface area contributed by atoms with Crippen LogP contribution in [0.3, 0.4) is 0 Å². The first-order chi connectivity index (χ1) is 6.25. The second-order valence-electron chi connectivity index (χ2n) is 3.06. The van der Waals surface area contributed by atoms with Crippen LogP contribution in [0.2, 0.25) is 0 Å². The molecule has 1 unspecified atom stereocenters. The normalized spacial score (nSPS) is 23.7. The number of allylic oxidation sites excluding steroid dienone is 1. The molecule has 1 aliphatic carbocycles. The highest BCUT2D eigenvalue weighted by Crippen LogP contribution is 2.34. The molecule has 2 rings (SSSR count). The highest BCUT2D eigenvalue weighted by molar-refractivity contribution is 6.13. The molecule has 0 aliphatic heterocycles. The van der Waals surface area contributed by atoms with Crippen LogP contribution < -0.4 is 0 Å². The average molecular weight is 174 g/mol. The van der Waals surface area contributed by atoms with Gasteiger partial charge in [0.05, 0.1) is 0 Å². The van der Waals surface area contributed by atoms with Gasteiger partial charge in [-0.25, -0.2) is 0 Å². The maximum absolute atomic E-state index is 11.6. The number of ketones is 1. The largest absolute Gasteiger partial charge is 0.383 e. The van der Waals surface area contributed by atoms with Crippen molar-refractivity contribution in [1.82, 2.24) is 0 Å². The van der Waals surface area contributed by atoms with Crippen molar-refractivity contribution in [2.75, 3.05) is 0 Å². The molecule has 1 aromatic rings. The molecule has 0 fully saturated rings. The van der Waals surface area contributed by atoms with Crippen LogP contribution in [0.25, 0.3) is 0 Å². The lowest BCUT2D eigenvalue weighted by molar-refractivity contribution is 0.101. The van der Waals surface area contributed by atoms with E-state index < -0.39 is 6.10 Å². The number of hydrogen-bond donors (Lipinski definition) is 1. The topological polar surface area (TPSA) is 37.3 Å². The predicted octanol–water partition coefficient (Wildman–Crippen LogP) is 1.86. The number of Topliss-reactive ketones (excluding diaryl/α,β-unsaturated/α-hetero) is 1. The fraction of sp³-hybridized carbons (Fsp3) is 0.182. The molecule has 0 saturated heterocycles. The molecule has 2 heteroatoms. The summed E-state index contributed by atoms with van der Waals surface area (Å²) in [7, 11) is 0. The standard InChI is InChI=1S/C11H10O2/c1-2-7-10(12)8-5-3-4-6-9(8)11(7)13/h2-6,10,12H,1H3. The lowest BCUT2D eigenvalue weighted by atomic mass is 10.1. The second kappa shape index (κ2) is 2.82. The van der Waals surface area contributed by atoms with Crippen molar-refractivity contribution in [3.8, 4) is 0 Å². The summed E-state index contributed by atoms with van der Waals surface area (Å²) < 4.78 is 0. The Morgan fingerprint density at radius 2 is 2.08 bits per heavy atom. The number of hydrogen-bond acceptors (Lipinski definition) is 2. The molecule has 0 amide bonds. The third-order valence-electron chi connectivity index (χ3n) is 2.37. The summed E-state index contributed by atoms with van der Waals surface area (Å²) in [4.78, 5) is 11.6. The van der Waals surface area contributed by atoms with Gasteiger partial charge in [-0.1, -0.05) is 30.3 Å². The molecule has 1 N–H and O–H groups in total. The Kier molecular flexibility index (Phi) is 1.78. The van der Waals surface area contributed by atoms with E-state index in [9.17, 15) is 9.90 Å². The second-order valence-corrected chi connectivity index (χ2v) is 3.06. The van der Waals surface area contributed by atoms with Crippen LogP contribution in [0, 0.1) is 0 Å². The van der Waals surface area contributed by atoms with Crippen LogP contribution >= 0.6 is 0 Å². The van der Waals surface area contributed by atoms with Gasteiger partial charge in [-0.15, -0.1) is 0 Å². The van der Waals surface area contributed by atoms with Crippen molar-refractivity contribution in [1.29, 1.82) is 0 Å². The number of carbonyl (C=O) groups is 1. The van der Waals surface area contributed by atoms with Crippen molar-refractivity contribution in [2.24, 2.45) is 0 Å². The molecule has 0 radical (unpaired) electrons. The first-order valence-corrected chi connectivity index (χ1v) is 4.23. The molecule has 0 aromatic heterocycles. The summed E-state index contributed by atoms with van der Waals surface area (Å²) in [5.74, 6) is -0.0504. The molecule has 0 bridgehead atoms. The number of benzene rings is 1. The summed E-state index contributed by atoms with van der Waals surface area (Å²) >= 11 is 0. The predicted molar refractivity (Wildman–Crippen MR) is 49.5 cm³/mol. The first-order valence-electron chi connectivity index (χ1n) is 4.23. The fourth-order valence-electron chi connectivity index (χ4n) is 1.68. The highest BCUT2D eigenvalue weighted by atomic mass is 16.3. The first kappa shape index (κ1) is 8.20. The molecule has 1 aliphatic rings.